The van der Waals surface area contributed by atoms with Crippen LogP contribution in [0.2, 0.25) is 0 Å². The van der Waals surface area contributed by atoms with E-state index in [-0.39, 0.29) is 22.7 Å². The minimum Gasteiger partial charge on any atom is -0.467 e. The predicted octanol–water partition coefficient (Wildman–Crippen LogP) is 1.52. The van der Waals surface area contributed by atoms with Crippen molar-refractivity contribution in [2.75, 3.05) is 25.5 Å². The van der Waals surface area contributed by atoms with Crippen molar-refractivity contribution in [1.82, 2.24) is 14.3 Å². The van der Waals surface area contributed by atoms with E-state index in [4.69, 9.17) is 4.74 Å². The van der Waals surface area contributed by atoms with Crippen molar-refractivity contribution in [1.29, 1.82) is 0 Å². The highest BCUT2D eigenvalue weighted by atomic mass is 32.2. The number of rotatable bonds is 5. The highest BCUT2D eigenvalue weighted by Gasteiger charge is 2.32. The van der Waals surface area contributed by atoms with Gasteiger partial charge in [0.1, 0.15) is 0 Å². The largest absolute Gasteiger partial charge is 0.467 e. The number of aromatic nitrogens is 2. The van der Waals surface area contributed by atoms with Gasteiger partial charge in [0.25, 0.3) is 0 Å². The summed E-state index contributed by atoms with van der Waals surface area (Å²) in [6, 6.07) is 8.56. The van der Waals surface area contributed by atoms with Gasteiger partial charge >= 0.3 is 6.01 Å². The van der Waals surface area contributed by atoms with E-state index in [1.807, 2.05) is 0 Å². The first kappa shape index (κ1) is 18.3. The van der Waals surface area contributed by atoms with Crippen molar-refractivity contribution in [2.24, 2.45) is 5.92 Å². The summed E-state index contributed by atoms with van der Waals surface area (Å²) in [4.78, 5) is 20.5. The van der Waals surface area contributed by atoms with Crippen LogP contribution in [-0.2, 0) is 14.8 Å². The molecule has 26 heavy (non-hydrogen) atoms. The second kappa shape index (κ2) is 7.79. The lowest BCUT2D eigenvalue weighted by molar-refractivity contribution is -0.120. The molecule has 2 heterocycles. The van der Waals surface area contributed by atoms with E-state index in [0.29, 0.717) is 31.6 Å². The molecule has 2 aromatic rings. The minimum absolute atomic E-state index is 0.157. The van der Waals surface area contributed by atoms with Crippen LogP contribution in [0.5, 0.6) is 6.01 Å². The number of nitrogens with zero attached hydrogens (tertiary/aromatic N) is 3. The Bertz CT molecular complexity index is 848. The summed E-state index contributed by atoms with van der Waals surface area (Å²) in [5, 5.41) is 2.76. The van der Waals surface area contributed by atoms with Gasteiger partial charge in [-0.15, -0.1) is 0 Å². The molecule has 0 aliphatic carbocycles. The molecule has 1 fully saturated rings. The van der Waals surface area contributed by atoms with E-state index in [1.54, 1.807) is 30.3 Å². The zero-order valence-electron chi connectivity index (χ0n) is 14.3. The number of piperidine rings is 1. The SMILES string of the molecule is COc1ncc(NC(=O)C2CCN(S(=O)(=O)c3ccccc3)CC2)cn1. The van der Waals surface area contributed by atoms with E-state index < -0.39 is 10.0 Å². The maximum Gasteiger partial charge on any atom is 0.316 e. The van der Waals surface area contributed by atoms with Crippen LogP contribution in [0.3, 0.4) is 0 Å². The van der Waals surface area contributed by atoms with Gasteiger partial charge in [0.15, 0.2) is 0 Å². The van der Waals surface area contributed by atoms with E-state index in [0.717, 1.165) is 0 Å². The summed E-state index contributed by atoms with van der Waals surface area (Å²) in [6.45, 7) is 0.628. The Kier molecular flexibility index (Phi) is 5.48. The van der Waals surface area contributed by atoms with Gasteiger partial charge in [0.05, 0.1) is 30.1 Å². The summed E-state index contributed by atoms with van der Waals surface area (Å²) in [5.41, 5.74) is 0.482. The maximum absolute atomic E-state index is 12.6. The third-order valence-corrected chi connectivity index (χ3v) is 6.20. The van der Waals surface area contributed by atoms with Gasteiger partial charge < -0.3 is 10.1 Å². The van der Waals surface area contributed by atoms with Gasteiger partial charge in [-0.05, 0) is 25.0 Å². The summed E-state index contributed by atoms with van der Waals surface area (Å²) in [5.74, 6) is -0.408. The highest BCUT2D eigenvalue weighted by Crippen LogP contribution is 2.24. The monoisotopic (exact) mass is 376 g/mol. The summed E-state index contributed by atoms with van der Waals surface area (Å²) in [6.07, 6.45) is 3.88. The van der Waals surface area contributed by atoms with E-state index in [9.17, 15) is 13.2 Å². The fourth-order valence-corrected chi connectivity index (χ4v) is 4.32. The Labute approximate surface area is 152 Å². The molecule has 9 heteroatoms. The van der Waals surface area contributed by atoms with Crippen LogP contribution in [0, 0.1) is 5.92 Å². The predicted molar refractivity (Wildman–Crippen MR) is 95.1 cm³/mol. The number of carbonyl (C=O) groups is 1. The normalized spacial score (nSPS) is 16.2. The van der Waals surface area contributed by atoms with Crippen LogP contribution in [0.1, 0.15) is 12.8 Å². The van der Waals surface area contributed by atoms with Gasteiger partial charge in [0.2, 0.25) is 15.9 Å². The molecule has 1 amide bonds. The van der Waals surface area contributed by atoms with Crippen LogP contribution in [0.4, 0.5) is 5.69 Å². The Morgan fingerprint density at radius 3 is 2.35 bits per heavy atom. The molecule has 1 aromatic heterocycles. The molecule has 1 saturated heterocycles. The lowest BCUT2D eigenvalue weighted by atomic mass is 9.97. The van der Waals surface area contributed by atoms with E-state index >= 15 is 0 Å². The fourth-order valence-electron chi connectivity index (χ4n) is 2.83. The Hall–Kier alpha value is -2.52. The molecule has 0 spiro atoms. The highest BCUT2D eigenvalue weighted by molar-refractivity contribution is 7.89. The Morgan fingerprint density at radius 2 is 1.77 bits per heavy atom. The number of anilines is 1. The third kappa shape index (κ3) is 4.00. The van der Waals surface area contributed by atoms with Crippen molar-refractivity contribution in [2.45, 2.75) is 17.7 Å². The number of ether oxygens (including phenoxy) is 1. The summed E-state index contributed by atoms with van der Waals surface area (Å²) < 4.78 is 31.5. The van der Waals surface area contributed by atoms with Crippen LogP contribution in [0.25, 0.3) is 0 Å². The summed E-state index contributed by atoms with van der Waals surface area (Å²) >= 11 is 0. The van der Waals surface area contributed by atoms with Gasteiger partial charge in [-0.2, -0.15) is 4.31 Å². The molecular weight excluding hydrogens is 356 g/mol. The zero-order chi connectivity index (χ0) is 18.6. The molecule has 0 saturated carbocycles. The van der Waals surface area contributed by atoms with Crippen molar-refractivity contribution < 1.29 is 17.9 Å². The van der Waals surface area contributed by atoms with E-state index in [1.165, 1.54) is 23.8 Å². The smallest absolute Gasteiger partial charge is 0.316 e. The molecule has 138 valence electrons. The van der Waals surface area contributed by atoms with Gasteiger partial charge in [0, 0.05) is 19.0 Å². The Balaban J connectivity index is 1.58. The third-order valence-electron chi connectivity index (χ3n) is 4.28. The minimum atomic E-state index is -3.51. The average molecular weight is 376 g/mol. The number of amides is 1. The first-order valence-corrected chi connectivity index (χ1v) is 9.67. The van der Waals surface area contributed by atoms with Crippen molar-refractivity contribution >= 4 is 21.6 Å². The molecule has 1 aliphatic rings. The number of sulfonamides is 1. The summed E-state index contributed by atoms with van der Waals surface area (Å²) in [7, 11) is -2.05. The Morgan fingerprint density at radius 1 is 1.15 bits per heavy atom. The number of hydrogen-bond donors (Lipinski definition) is 1. The first-order valence-electron chi connectivity index (χ1n) is 8.23. The number of carbonyl (C=O) groups excluding carboxylic acids is 1. The second-order valence-corrected chi connectivity index (χ2v) is 7.88. The molecule has 1 aromatic carbocycles. The van der Waals surface area contributed by atoms with Gasteiger partial charge in [-0.3, -0.25) is 4.79 Å². The van der Waals surface area contributed by atoms with Crippen molar-refractivity contribution in [3.05, 3.63) is 42.7 Å². The number of benzene rings is 1. The van der Waals surface area contributed by atoms with Crippen LogP contribution < -0.4 is 10.1 Å². The molecule has 0 bridgehead atoms. The fraction of sp³-hybridized carbons (Fsp3) is 0.353. The van der Waals surface area contributed by atoms with Crippen LogP contribution in [0.15, 0.2) is 47.6 Å². The van der Waals surface area contributed by atoms with Crippen LogP contribution >= 0.6 is 0 Å². The lowest BCUT2D eigenvalue weighted by Gasteiger charge is -2.30. The molecule has 3 rings (SSSR count). The van der Waals surface area contributed by atoms with Crippen molar-refractivity contribution in [3.63, 3.8) is 0 Å². The number of methoxy groups -OCH3 is 1. The van der Waals surface area contributed by atoms with Crippen molar-refractivity contribution in [3.8, 4) is 6.01 Å². The molecule has 8 nitrogen and oxygen atoms in total. The zero-order valence-corrected chi connectivity index (χ0v) is 15.1. The number of nitrogens with one attached hydrogen (secondary N) is 1. The van der Waals surface area contributed by atoms with Gasteiger partial charge in [-0.25, -0.2) is 18.4 Å². The van der Waals surface area contributed by atoms with Gasteiger partial charge in [-0.1, -0.05) is 18.2 Å². The quantitative estimate of drug-likeness (QED) is 0.849. The van der Waals surface area contributed by atoms with E-state index in [2.05, 4.69) is 15.3 Å². The topological polar surface area (TPSA) is 101 Å². The molecular formula is C17H20N4O4S. The molecule has 0 radical (unpaired) electrons. The molecule has 1 aliphatic heterocycles. The number of hydrogen-bond acceptors (Lipinski definition) is 6. The average Bonchev–Trinajstić information content (AvgIpc) is 2.69. The van der Waals surface area contributed by atoms with Crippen LogP contribution in [-0.4, -0.2) is 48.8 Å². The second-order valence-electron chi connectivity index (χ2n) is 5.94. The molecule has 1 N–H and O–H groups in total. The lowest BCUT2D eigenvalue weighted by Crippen LogP contribution is -2.41. The molecule has 0 unspecified atom stereocenters. The standard InChI is InChI=1S/C17H20N4O4S/c1-25-17-18-11-14(12-19-17)20-16(22)13-7-9-21(10-8-13)26(23,24)15-5-3-2-4-6-15/h2-6,11-13H,7-10H2,1H3,(H,20,22). The molecule has 0 atom stereocenters. The maximum atomic E-state index is 12.6. The first-order chi connectivity index (χ1) is 12.5.